The normalized spacial score (nSPS) is 14.4. The molecule has 0 saturated carbocycles. The number of ether oxygens (including phenoxy) is 4. The molecule has 0 spiro atoms. The molecule has 0 saturated heterocycles. The lowest BCUT2D eigenvalue weighted by molar-refractivity contribution is 0.266. The highest BCUT2D eigenvalue weighted by Crippen LogP contribution is 2.55. The van der Waals surface area contributed by atoms with Crippen LogP contribution in [0.5, 0.6) is 23.0 Å². The van der Waals surface area contributed by atoms with Crippen LogP contribution in [0.15, 0.2) is 96.3 Å². The highest BCUT2D eigenvalue weighted by atomic mass is 31.1. The third-order valence-corrected chi connectivity index (χ3v) is 16.2. The van der Waals surface area contributed by atoms with Gasteiger partial charge in [0, 0.05) is 12.0 Å². The molecule has 0 heterocycles. The number of methoxy groups -OCH3 is 4. The van der Waals surface area contributed by atoms with Gasteiger partial charge >= 0.3 is 0 Å². The van der Waals surface area contributed by atoms with E-state index in [1.807, 2.05) is 0 Å². The molecule has 57 heavy (non-hydrogen) atoms. The van der Waals surface area contributed by atoms with Crippen molar-refractivity contribution in [3.8, 4) is 23.0 Å². The number of rotatable bonds is 13. The molecule has 0 aliphatic heterocycles. The van der Waals surface area contributed by atoms with Gasteiger partial charge in [-0.25, -0.2) is 0 Å². The molecule has 0 amide bonds. The summed E-state index contributed by atoms with van der Waals surface area (Å²) in [5.74, 6) is 3.91. The summed E-state index contributed by atoms with van der Waals surface area (Å²) < 4.78 is 23.5. The molecule has 0 fully saturated rings. The van der Waals surface area contributed by atoms with E-state index in [1.165, 1.54) is 37.4 Å². The van der Waals surface area contributed by atoms with Gasteiger partial charge in [-0.15, -0.1) is 0 Å². The van der Waals surface area contributed by atoms with E-state index >= 15 is 0 Å². The fraction of sp³-hybridized carbons (Fsp3) is 0.320. The number of hydrogen-bond donors (Lipinski definition) is 0. The molecule has 1 unspecified atom stereocenters. The minimum Gasteiger partial charge on any atom is -0.496 e. The summed E-state index contributed by atoms with van der Waals surface area (Å²) in [5.41, 5.74) is 10.5. The highest BCUT2D eigenvalue weighted by Gasteiger charge is 2.37. The maximum Gasteiger partial charge on any atom is 0.124 e. The molecule has 2 atom stereocenters. The molecule has 1 aliphatic carbocycles. The van der Waals surface area contributed by atoms with Gasteiger partial charge in [-0.2, -0.15) is 0 Å². The SMILES string of the molecule is COc1c(C)cc(P(C2=CC=CC2[C@@H](c2ccccc2P(c2cc(C)c(OC)c(C)c2)c2cc(C)c(OC)c(C)c2)N(C)C)c2cc(C)c(OC)c(C)c2)cc1C. The molecule has 0 bridgehead atoms. The van der Waals surface area contributed by atoms with E-state index in [0.29, 0.717) is 0 Å². The lowest BCUT2D eigenvalue weighted by atomic mass is 9.93. The summed E-state index contributed by atoms with van der Waals surface area (Å²) in [6.07, 6.45) is 7.12. The van der Waals surface area contributed by atoms with E-state index in [4.69, 9.17) is 18.9 Å². The van der Waals surface area contributed by atoms with Crippen LogP contribution in [0.4, 0.5) is 0 Å². The topological polar surface area (TPSA) is 40.2 Å². The third-order valence-electron chi connectivity index (χ3n) is 11.2. The predicted molar refractivity (Wildman–Crippen MR) is 245 cm³/mol. The van der Waals surface area contributed by atoms with Gasteiger partial charge in [-0.1, -0.05) is 42.5 Å². The third kappa shape index (κ3) is 8.18. The maximum absolute atomic E-state index is 5.87. The quantitative estimate of drug-likeness (QED) is 0.111. The van der Waals surface area contributed by atoms with Crippen molar-refractivity contribution in [3.63, 3.8) is 0 Å². The maximum atomic E-state index is 5.87. The first-order chi connectivity index (χ1) is 27.2. The molecule has 0 radical (unpaired) electrons. The van der Waals surface area contributed by atoms with E-state index in [-0.39, 0.29) is 12.0 Å². The summed E-state index contributed by atoms with van der Waals surface area (Å²) in [6, 6.07) is 28.0. The monoisotopic (exact) mass is 799 g/mol. The zero-order valence-electron chi connectivity index (χ0n) is 36.3. The van der Waals surface area contributed by atoms with Crippen molar-refractivity contribution in [3.05, 3.63) is 146 Å². The Hall–Kier alpha value is -4.40. The van der Waals surface area contributed by atoms with Crippen LogP contribution < -0.4 is 45.5 Å². The van der Waals surface area contributed by atoms with Crippen molar-refractivity contribution in [1.82, 2.24) is 4.90 Å². The van der Waals surface area contributed by atoms with Gasteiger partial charge in [0.05, 0.1) is 28.4 Å². The Bertz CT molecular complexity index is 2150. The standard InChI is InChI=1S/C50H59NO4P2/c1-30-22-38(23-31(2)47(30)52-11)56(39-24-32(3)48(53-12)33(4)25-39)44-20-16-15-18-42(44)46(51(9)10)43-19-17-21-45(43)57(40-26-34(5)49(54-13)35(6)27-40)41-28-36(7)50(55-14)37(8)29-41/h15-29,43,46H,1-14H3/t43?,46-/m1/s1. The molecule has 5 aromatic carbocycles. The smallest absolute Gasteiger partial charge is 0.124 e. The largest absolute Gasteiger partial charge is 0.496 e. The molecule has 5 nitrogen and oxygen atoms in total. The zero-order chi connectivity index (χ0) is 41.3. The van der Waals surface area contributed by atoms with Crippen LogP contribution in [-0.2, 0) is 0 Å². The lowest BCUT2D eigenvalue weighted by Gasteiger charge is -2.37. The minimum absolute atomic E-state index is 0.0583. The molecule has 6 rings (SSSR count). The second-order valence-corrected chi connectivity index (χ2v) is 20.0. The molecule has 0 N–H and O–H groups in total. The number of allylic oxidation sites excluding steroid dienone is 2. The average molecular weight is 800 g/mol. The van der Waals surface area contributed by atoms with Crippen molar-refractivity contribution in [2.24, 2.45) is 5.92 Å². The highest BCUT2D eigenvalue weighted by molar-refractivity contribution is 7.80. The second-order valence-electron chi connectivity index (χ2n) is 15.6. The first-order valence-electron chi connectivity index (χ1n) is 19.6. The number of benzene rings is 5. The Morgan fingerprint density at radius 3 is 1.16 bits per heavy atom. The van der Waals surface area contributed by atoms with Gasteiger partial charge in [-0.3, -0.25) is 0 Å². The molecule has 5 aromatic rings. The van der Waals surface area contributed by atoms with E-state index < -0.39 is 15.8 Å². The van der Waals surface area contributed by atoms with Crippen molar-refractivity contribution >= 4 is 42.4 Å². The van der Waals surface area contributed by atoms with Gasteiger partial charge in [-0.05, 0) is 216 Å². The molecule has 0 aromatic heterocycles. The Morgan fingerprint density at radius 1 is 0.491 bits per heavy atom. The summed E-state index contributed by atoms with van der Waals surface area (Å²) >= 11 is 0. The van der Waals surface area contributed by atoms with E-state index in [9.17, 15) is 0 Å². The molecular weight excluding hydrogens is 741 g/mol. The van der Waals surface area contributed by atoms with Crippen molar-refractivity contribution in [2.75, 3.05) is 42.5 Å². The van der Waals surface area contributed by atoms with Crippen LogP contribution in [0.1, 0.15) is 56.1 Å². The van der Waals surface area contributed by atoms with Crippen molar-refractivity contribution in [1.29, 1.82) is 0 Å². The number of nitrogens with zero attached hydrogens (tertiary/aromatic N) is 1. The Kier molecular flexibility index (Phi) is 13.0. The van der Waals surface area contributed by atoms with E-state index in [1.54, 1.807) is 28.4 Å². The summed E-state index contributed by atoms with van der Waals surface area (Å²) in [7, 11) is 9.62. The van der Waals surface area contributed by atoms with Gasteiger partial charge in [0.25, 0.3) is 0 Å². The van der Waals surface area contributed by atoms with Crippen LogP contribution in [0.25, 0.3) is 0 Å². The van der Waals surface area contributed by atoms with Crippen molar-refractivity contribution < 1.29 is 18.9 Å². The van der Waals surface area contributed by atoms with Crippen LogP contribution in [-0.4, -0.2) is 47.4 Å². The first kappa shape index (κ1) is 42.2. The van der Waals surface area contributed by atoms with Crippen LogP contribution in [0.3, 0.4) is 0 Å². The van der Waals surface area contributed by atoms with Gasteiger partial charge < -0.3 is 23.8 Å². The van der Waals surface area contributed by atoms with E-state index in [0.717, 1.165) is 67.5 Å². The Balaban J connectivity index is 1.58. The molecule has 1 aliphatic rings. The summed E-state index contributed by atoms with van der Waals surface area (Å²) in [4.78, 5) is 2.43. The molecule has 7 heteroatoms. The lowest BCUT2D eigenvalue weighted by Crippen LogP contribution is -2.34. The van der Waals surface area contributed by atoms with Crippen LogP contribution in [0, 0.1) is 61.3 Å². The first-order valence-corrected chi connectivity index (χ1v) is 22.3. The zero-order valence-corrected chi connectivity index (χ0v) is 38.1. The van der Waals surface area contributed by atoms with Crippen LogP contribution >= 0.6 is 15.8 Å². The fourth-order valence-corrected chi connectivity index (χ4v) is 14.9. The molecular formula is C50H59NO4P2. The second kappa shape index (κ2) is 17.6. The van der Waals surface area contributed by atoms with Gasteiger partial charge in [0.1, 0.15) is 23.0 Å². The molecule has 298 valence electrons. The van der Waals surface area contributed by atoms with Gasteiger partial charge in [0.2, 0.25) is 0 Å². The van der Waals surface area contributed by atoms with Crippen molar-refractivity contribution in [2.45, 2.75) is 61.4 Å². The Morgan fingerprint density at radius 2 is 0.825 bits per heavy atom. The number of hydrogen-bond acceptors (Lipinski definition) is 5. The average Bonchev–Trinajstić information content (AvgIpc) is 3.60. The Labute approximate surface area is 344 Å². The summed E-state index contributed by atoms with van der Waals surface area (Å²) in [5, 5.41) is 8.06. The van der Waals surface area contributed by atoms with E-state index in [2.05, 4.69) is 165 Å². The summed E-state index contributed by atoms with van der Waals surface area (Å²) in [6.45, 7) is 17.3. The van der Waals surface area contributed by atoms with Gasteiger partial charge in [0.15, 0.2) is 0 Å². The predicted octanol–water partition coefficient (Wildman–Crippen LogP) is 9.75. The number of aryl methyl sites for hydroxylation is 8. The van der Waals surface area contributed by atoms with Crippen LogP contribution in [0.2, 0.25) is 0 Å². The minimum atomic E-state index is -0.988. The fourth-order valence-electron chi connectivity index (χ4n) is 9.10.